The molecule has 0 aliphatic carbocycles. The minimum absolute atomic E-state index is 0.301. The minimum atomic E-state index is -0.301. The van der Waals surface area contributed by atoms with Crippen molar-refractivity contribution in [1.82, 2.24) is 5.32 Å². The number of hydrogen-bond donors (Lipinski definition) is 1. The van der Waals surface area contributed by atoms with Gasteiger partial charge in [-0.1, -0.05) is 32.9 Å². The molecule has 0 saturated heterocycles. The van der Waals surface area contributed by atoms with Gasteiger partial charge in [-0.2, -0.15) is 0 Å². The monoisotopic (exact) mass is 307 g/mol. The summed E-state index contributed by atoms with van der Waals surface area (Å²) in [6.07, 6.45) is 1.02. The molecule has 114 valence electrons. The van der Waals surface area contributed by atoms with Crippen LogP contribution in [0.2, 0.25) is 0 Å². The van der Waals surface area contributed by atoms with Crippen LogP contribution in [0.4, 0.5) is 4.39 Å². The summed E-state index contributed by atoms with van der Waals surface area (Å²) in [5.74, 6) is 0.0578. The molecule has 21 heavy (non-hydrogen) atoms. The van der Waals surface area contributed by atoms with Crippen LogP contribution < -0.4 is 10.1 Å². The van der Waals surface area contributed by atoms with Gasteiger partial charge in [-0.05, 0) is 24.6 Å². The molecule has 0 bridgehead atoms. The average Bonchev–Trinajstić information content (AvgIpc) is 2.92. The first-order chi connectivity index (χ1) is 10.1. The normalized spacial score (nSPS) is 11.1. The number of aryl methyl sites for hydroxylation is 1. The molecule has 2 aromatic rings. The molecule has 0 amide bonds. The molecule has 0 radical (unpaired) electrons. The molecule has 1 N–H and O–H groups in total. The minimum Gasteiger partial charge on any atom is -0.485 e. The number of hydrogen-bond acceptors (Lipinski definition) is 3. The van der Waals surface area contributed by atoms with E-state index in [0.29, 0.717) is 24.9 Å². The SMILES string of the molecule is CCc1ccc(COc2c(F)cccc2CNC(C)C)s1. The Morgan fingerprint density at radius 1 is 1.19 bits per heavy atom. The first-order valence-electron chi connectivity index (χ1n) is 7.31. The van der Waals surface area contributed by atoms with E-state index >= 15 is 0 Å². The van der Waals surface area contributed by atoms with Gasteiger partial charge in [0.1, 0.15) is 6.61 Å². The summed E-state index contributed by atoms with van der Waals surface area (Å²) in [4.78, 5) is 2.45. The van der Waals surface area contributed by atoms with Crippen molar-refractivity contribution < 1.29 is 9.13 Å². The van der Waals surface area contributed by atoms with Crippen LogP contribution in [0.25, 0.3) is 0 Å². The largest absolute Gasteiger partial charge is 0.485 e. The molecule has 0 aliphatic heterocycles. The summed E-state index contributed by atoms with van der Waals surface area (Å²) in [5.41, 5.74) is 0.857. The average molecular weight is 307 g/mol. The summed E-state index contributed by atoms with van der Waals surface area (Å²) in [6, 6.07) is 9.58. The van der Waals surface area contributed by atoms with Crippen LogP contribution in [-0.4, -0.2) is 6.04 Å². The lowest BCUT2D eigenvalue weighted by atomic mass is 10.2. The standard InChI is InChI=1S/C17H22FNOS/c1-4-14-8-9-15(21-14)11-20-17-13(10-19-12(2)3)6-5-7-16(17)18/h5-9,12,19H,4,10-11H2,1-3H3. The molecular formula is C17H22FNOS. The number of nitrogens with one attached hydrogen (secondary N) is 1. The maximum absolute atomic E-state index is 14.0. The molecule has 2 nitrogen and oxygen atoms in total. The van der Waals surface area contributed by atoms with Gasteiger partial charge in [-0.25, -0.2) is 4.39 Å². The van der Waals surface area contributed by atoms with E-state index in [1.807, 2.05) is 6.07 Å². The zero-order chi connectivity index (χ0) is 15.2. The van der Waals surface area contributed by atoms with E-state index in [4.69, 9.17) is 4.74 Å². The highest BCUT2D eigenvalue weighted by Crippen LogP contribution is 2.25. The molecule has 0 unspecified atom stereocenters. The Labute approximate surface area is 130 Å². The fourth-order valence-electron chi connectivity index (χ4n) is 2.00. The van der Waals surface area contributed by atoms with Crippen LogP contribution >= 0.6 is 11.3 Å². The third kappa shape index (κ3) is 4.55. The van der Waals surface area contributed by atoms with Crippen LogP contribution in [0.1, 0.15) is 36.1 Å². The lowest BCUT2D eigenvalue weighted by molar-refractivity contribution is 0.289. The fourth-order valence-corrected chi connectivity index (χ4v) is 2.87. The Bertz CT molecular complexity index is 580. The van der Waals surface area contributed by atoms with Gasteiger partial charge < -0.3 is 10.1 Å². The van der Waals surface area contributed by atoms with Crippen molar-refractivity contribution in [1.29, 1.82) is 0 Å². The van der Waals surface area contributed by atoms with Crippen molar-refractivity contribution in [3.63, 3.8) is 0 Å². The van der Waals surface area contributed by atoms with Crippen molar-refractivity contribution in [2.24, 2.45) is 0 Å². The molecular weight excluding hydrogens is 285 g/mol. The van der Waals surface area contributed by atoms with E-state index in [9.17, 15) is 4.39 Å². The molecule has 0 saturated carbocycles. The summed E-state index contributed by atoms with van der Waals surface area (Å²) in [5, 5.41) is 3.30. The van der Waals surface area contributed by atoms with Gasteiger partial charge in [0.15, 0.2) is 11.6 Å². The van der Waals surface area contributed by atoms with Gasteiger partial charge in [0.05, 0.1) is 0 Å². The third-order valence-electron chi connectivity index (χ3n) is 3.17. The zero-order valence-electron chi connectivity index (χ0n) is 12.8. The lowest BCUT2D eigenvalue weighted by Gasteiger charge is -2.14. The number of benzene rings is 1. The van der Waals surface area contributed by atoms with Crippen LogP contribution in [-0.2, 0) is 19.6 Å². The van der Waals surface area contributed by atoms with Crippen LogP contribution in [0.5, 0.6) is 5.75 Å². The number of ether oxygens (including phenoxy) is 1. The van der Waals surface area contributed by atoms with Crippen molar-refractivity contribution in [2.45, 2.75) is 46.4 Å². The molecule has 0 fully saturated rings. The maximum atomic E-state index is 14.0. The molecule has 1 aromatic heterocycles. The smallest absolute Gasteiger partial charge is 0.165 e. The van der Waals surface area contributed by atoms with Crippen molar-refractivity contribution >= 4 is 11.3 Å². The summed E-state index contributed by atoms with van der Waals surface area (Å²) in [6.45, 7) is 7.29. The van der Waals surface area contributed by atoms with Gasteiger partial charge in [-0.15, -0.1) is 11.3 Å². The topological polar surface area (TPSA) is 21.3 Å². The third-order valence-corrected chi connectivity index (χ3v) is 4.38. The van der Waals surface area contributed by atoms with Crippen LogP contribution in [0, 0.1) is 5.82 Å². The number of thiophene rings is 1. The van der Waals surface area contributed by atoms with E-state index in [1.54, 1.807) is 17.4 Å². The molecule has 1 aromatic carbocycles. The highest BCUT2D eigenvalue weighted by Gasteiger charge is 2.11. The van der Waals surface area contributed by atoms with Gasteiger partial charge in [0, 0.05) is 27.9 Å². The predicted molar refractivity (Wildman–Crippen MR) is 86.4 cm³/mol. The predicted octanol–water partition coefficient (Wildman–Crippen LogP) is 4.53. The first kappa shape index (κ1) is 16.0. The second-order valence-electron chi connectivity index (χ2n) is 5.27. The molecule has 0 aliphatic rings. The fraction of sp³-hybridized carbons (Fsp3) is 0.412. The Morgan fingerprint density at radius 2 is 1.95 bits per heavy atom. The van der Waals surface area contributed by atoms with Crippen LogP contribution in [0.3, 0.4) is 0 Å². The van der Waals surface area contributed by atoms with Gasteiger partial charge >= 0.3 is 0 Å². The Kier molecular flexibility index (Phi) is 5.76. The number of para-hydroxylation sites is 1. The Hall–Kier alpha value is -1.39. The quantitative estimate of drug-likeness (QED) is 0.811. The summed E-state index contributed by atoms with van der Waals surface area (Å²) in [7, 11) is 0. The first-order valence-corrected chi connectivity index (χ1v) is 8.13. The molecule has 1 heterocycles. The summed E-state index contributed by atoms with van der Waals surface area (Å²) < 4.78 is 19.7. The van der Waals surface area contributed by atoms with Crippen molar-refractivity contribution in [3.8, 4) is 5.75 Å². The number of rotatable bonds is 7. The summed E-state index contributed by atoms with van der Waals surface area (Å²) >= 11 is 1.72. The molecule has 2 rings (SSSR count). The van der Waals surface area contributed by atoms with E-state index in [-0.39, 0.29) is 5.82 Å². The Morgan fingerprint density at radius 3 is 2.62 bits per heavy atom. The van der Waals surface area contributed by atoms with E-state index in [1.165, 1.54) is 10.9 Å². The lowest BCUT2D eigenvalue weighted by Crippen LogP contribution is -2.22. The second-order valence-corrected chi connectivity index (χ2v) is 6.53. The molecule has 4 heteroatoms. The van der Waals surface area contributed by atoms with Gasteiger partial charge in [-0.3, -0.25) is 0 Å². The maximum Gasteiger partial charge on any atom is 0.165 e. The van der Waals surface area contributed by atoms with E-state index < -0.39 is 0 Å². The number of halogens is 1. The van der Waals surface area contributed by atoms with Crippen molar-refractivity contribution in [2.75, 3.05) is 0 Å². The van der Waals surface area contributed by atoms with E-state index in [0.717, 1.165) is 16.9 Å². The van der Waals surface area contributed by atoms with Gasteiger partial charge in [0.25, 0.3) is 0 Å². The highest BCUT2D eigenvalue weighted by molar-refractivity contribution is 7.11. The molecule has 0 atom stereocenters. The van der Waals surface area contributed by atoms with Crippen LogP contribution in [0.15, 0.2) is 30.3 Å². The second kappa shape index (κ2) is 7.57. The highest BCUT2D eigenvalue weighted by atomic mass is 32.1. The van der Waals surface area contributed by atoms with Crippen molar-refractivity contribution in [3.05, 3.63) is 51.5 Å². The molecule has 0 spiro atoms. The Balaban J connectivity index is 2.07. The zero-order valence-corrected chi connectivity index (χ0v) is 13.6. The van der Waals surface area contributed by atoms with E-state index in [2.05, 4.69) is 38.2 Å². The van der Waals surface area contributed by atoms with Gasteiger partial charge in [0.2, 0.25) is 0 Å².